The summed E-state index contributed by atoms with van der Waals surface area (Å²) in [6, 6.07) is 16.9. The van der Waals surface area contributed by atoms with Crippen molar-refractivity contribution >= 4 is 29.0 Å². The summed E-state index contributed by atoms with van der Waals surface area (Å²) in [7, 11) is 0. The smallest absolute Gasteiger partial charge is 0.417 e. The van der Waals surface area contributed by atoms with E-state index in [2.05, 4.69) is 0 Å². The second-order valence-electron chi connectivity index (χ2n) is 6.74. The van der Waals surface area contributed by atoms with Gasteiger partial charge in [-0.05, 0) is 42.1 Å². The number of hydrogen-bond acceptors (Lipinski definition) is 5. The number of amides is 2. The number of carbonyl (C=O) groups is 2. The van der Waals surface area contributed by atoms with Gasteiger partial charge in [-0.3, -0.25) is 14.5 Å². The van der Waals surface area contributed by atoms with Crippen molar-refractivity contribution in [1.29, 1.82) is 0 Å². The van der Waals surface area contributed by atoms with E-state index in [0.29, 0.717) is 5.75 Å². The van der Waals surface area contributed by atoms with Crippen LogP contribution in [-0.2, 0) is 11.0 Å². The maximum atomic E-state index is 13.3. The fraction of sp³-hybridized carbons (Fsp3) is 0.130. The molecule has 0 bridgehead atoms. The summed E-state index contributed by atoms with van der Waals surface area (Å²) in [5.41, 5.74) is -0.926. The van der Waals surface area contributed by atoms with Gasteiger partial charge in [-0.1, -0.05) is 36.4 Å². The monoisotopic (exact) mass is 459 g/mol. The fourth-order valence-electron chi connectivity index (χ4n) is 3.11. The Bertz CT molecular complexity index is 1170. The van der Waals surface area contributed by atoms with Crippen LogP contribution in [0.2, 0.25) is 0 Å². The average molecular weight is 459 g/mol. The first-order valence-electron chi connectivity index (χ1n) is 9.52. The number of benzene rings is 2. The van der Waals surface area contributed by atoms with Crippen molar-refractivity contribution in [2.24, 2.45) is 0 Å². The molecular formula is C23H16F3NO4S. The van der Waals surface area contributed by atoms with Crippen LogP contribution in [0.25, 0.3) is 17.4 Å². The van der Waals surface area contributed by atoms with Gasteiger partial charge in [0.05, 0.1) is 17.0 Å². The van der Waals surface area contributed by atoms with E-state index in [0.717, 1.165) is 22.7 Å². The number of alkyl halides is 3. The molecule has 0 atom stereocenters. The third kappa shape index (κ3) is 4.72. The van der Waals surface area contributed by atoms with Crippen LogP contribution in [0.3, 0.4) is 0 Å². The highest BCUT2D eigenvalue weighted by atomic mass is 32.2. The van der Waals surface area contributed by atoms with Crippen molar-refractivity contribution in [3.63, 3.8) is 0 Å². The van der Waals surface area contributed by atoms with Gasteiger partial charge in [0.2, 0.25) is 0 Å². The Balaban J connectivity index is 1.47. The molecule has 32 heavy (non-hydrogen) atoms. The lowest BCUT2D eigenvalue weighted by Gasteiger charge is -2.13. The Hall–Kier alpha value is -3.46. The van der Waals surface area contributed by atoms with Gasteiger partial charge < -0.3 is 9.15 Å². The van der Waals surface area contributed by atoms with Gasteiger partial charge in [0.15, 0.2) is 0 Å². The number of para-hydroxylation sites is 1. The lowest BCUT2D eigenvalue weighted by molar-refractivity contribution is -0.137. The standard InChI is InChI=1S/C23H16F3NO4S/c24-23(25,26)18-9-5-4-8-17(18)19-11-10-16(31-19)14-20-21(28)27(22(29)32-20)12-13-30-15-6-2-1-3-7-15/h1-11,14H,12-13H2/b20-14-. The van der Waals surface area contributed by atoms with E-state index >= 15 is 0 Å². The molecule has 2 aromatic carbocycles. The third-order valence-corrected chi connectivity index (χ3v) is 5.51. The molecule has 0 N–H and O–H groups in total. The summed E-state index contributed by atoms with van der Waals surface area (Å²) in [6.45, 7) is 0.202. The molecule has 0 unspecified atom stereocenters. The van der Waals surface area contributed by atoms with Gasteiger partial charge in [0.25, 0.3) is 11.1 Å². The zero-order valence-electron chi connectivity index (χ0n) is 16.5. The summed E-state index contributed by atoms with van der Waals surface area (Å²) in [4.78, 5) is 26.0. The molecule has 0 aliphatic carbocycles. The van der Waals surface area contributed by atoms with Crippen LogP contribution >= 0.6 is 11.8 Å². The topological polar surface area (TPSA) is 59.8 Å². The van der Waals surface area contributed by atoms with Gasteiger partial charge in [0, 0.05) is 11.6 Å². The SMILES string of the molecule is O=C1S/C(=C\c2ccc(-c3ccccc3C(F)(F)F)o2)C(=O)N1CCOc1ccccc1. The molecule has 5 nitrogen and oxygen atoms in total. The number of imide groups is 1. The highest BCUT2D eigenvalue weighted by molar-refractivity contribution is 8.18. The van der Waals surface area contributed by atoms with E-state index < -0.39 is 22.9 Å². The van der Waals surface area contributed by atoms with E-state index in [-0.39, 0.29) is 35.1 Å². The van der Waals surface area contributed by atoms with Crippen LogP contribution in [-0.4, -0.2) is 29.2 Å². The van der Waals surface area contributed by atoms with E-state index in [9.17, 15) is 22.8 Å². The number of nitrogens with zero attached hydrogens (tertiary/aromatic N) is 1. The molecule has 2 amide bonds. The molecule has 0 radical (unpaired) electrons. The highest BCUT2D eigenvalue weighted by Gasteiger charge is 2.36. The first-order chi connectivity index (χ1) is 15.3. The number of ether oxygens (including phenoxy) is 1. The summed E-state index contributed by atoms with van der Waals surface area (Å²) in [5.74, 6) is 0.297. The lowest BCUT2D eigenvalue weighted by atomic mass is 10.1. The molecule has 1 aliphatic rings. The largest absolute Gasteiger partial charge is 0.492 e. The summed E-state index contributed by atoms with van der Waals surface area (Å²) in [6.07, 6.45) is -3.18. The van der Waals surface area contributed by atoms with Gasteiger partial charge in [-0.15, -0.1) is 0 Å². The number of carbonyl (C=O) groups excluding carboxylic acids is 2. The van der Waals surface area contributed by atoms with E-state index in [4.69, 9.17) is 9.15 Å². The van der Waals surface area contributed by atoms with Crippen LogP contribution < -0.4 is 4.74 Å². The predicted molar refractivity (Wildman–Crippen MR) is 114 cm³/mol. The normalized spacial score (nSPS) is 15.6. The van der Waals surface area contributed by atoms with Crippen molar-refractivity contribution in [2.75, 3.05) is 13.2 Å². The average Bonchev–Trinajstić information content (AvgIpc) is 3.34. The van der Waals surface area contributed by atoms with Crippen molar-refractivity contribution in [1.82, 2.24) is 4.90 Å². The van der Waals surface area contributed by atoms with Crippen LogP contribution in [0.15, 0.2) is 76.1 Å². The van der Waals surface area contributed by atoms with E-state index in [1.807, 2.05) is 18.2 Å². The van der Waals surface area contributed by atoms with Crippen LogP contribution in [0.1, 0.15) is 11.3 Å². The fourth-order valence-corrected chi connectivity index (χ4v) is 3.96. The second kappa shape index (κ2) is 8.96. The molecule has 3 aromatic rings. The molecule has 0 saturated carbocycles. The van der Waals surface area contributed by atoms with Gasteiger partial charge in [-0.2, -0.15) is 13.2 Å². The van der Waals surface area contributed by atoms with Gasteiger partial charge in [-0.25, -0.2) is 0 Å². The molecule has 0 spiro atoms. The molecule has 1 saturated heterocycles. The van der Waals surface area contributed by atoms with Crippen molar-refractivity contribution in [3.8, 4) is 17.1 Å². The number of thioether (sulfide) groups is 1. The first kappa shape index (κ1) is 21.8. The summed E-state index contributed by atoms with van der Waals surface area (Å²) < 4.78 is 50.8. The molecule has 164 valence electrons. The molecule has 1 aliphatic heterocycles. The number of rotatable bonds is 6. The maximum absolute atomic E-state index is 13.3. The third-order valence-electron chi connectivity index (χ3n) is 4.60. The Kier molecular flexibility index (Phi) is 6.09. The molecular weight excluding hydrogens is 443 g/mol. The second-order valence-corrected chi connectivity index (χ2v) is 7.73. The van der Waals surface area contributed by atoms with E-state index in [1.54, 1.807) is 12.1 Å². The van der Waals surface area contributed by atoms with Crippen molar-refractivity contribution < 1.29 is 31.9 Å². The minimum Gasteiger partial charge on any atom is -0.492 e. The molecule has 4 rings (SSSR count). The van der Waals surface area contributed by atoms with E-state index in [1.165, 1.54) is 36.4 Å². The number of hydrogen-bond donors (Lipinski definition) is 0. The highest BCUT2D eigenvalue weighted by Crippen LogP contribution is 2.38. The zero-order chi connectivity index (χ0) is 22.7. The zero-order valence-corrected chi connectivity index (χ0v) is 17.3. The quantitative estimate of drug-likeness (QED) is 0.418. The first-order valence-corrected chi connectivity index (χ1v) is 10.3. The van der Waals surface area contributed by atoms with Gasteiger partial charge in [0.1, 0.15) is 23.9 Å². The Morgan fingerprint density at radius 2 is 1.69 bits per heavy atom. The summed E-state index contributed by atoms with van der Waals surface area (Å²) in [5, 5.41) is -0.452. The van der Waals surface area contributed by atoms with Crippen molar-refractivity contribution in [2.45, 2.75) is 6.18 Å². The number of halogens is 3. The molecule has 2 heterocycles. The maximum Gasteiger partial charge on any atom is 0.417 e. The lowest BCUT2D eigenvalue weighted by Crippen LogP contribution is -2.32. The molecule has 1 aromatic heterocycles. The number of furan rings is 1. The Morgan fingerprint density at radius 3 is 2.44 bits per heavy atom. The van der Waals surface area contributed by atoms with Crippen LogP contribution in [0.5, 0.6) is 5.75 Å². The predicted octanol–water partition coefficient (Wildman–Crippen LogP) is 6.08. The van der Waals surface area contributed by atoms with Crippen molar-refractivity contribution in [3.05, 3.63) is 83.0 Å². The summed E-state index contributed by atoms with van der Waals surface area (Å²) >= 11 is 0.738. The molecule has 9 heteroatoms. The van der Waals surface area contributed by atoms with Crippen LogP contribution in [0, 0.1) is 0 Å². The molecule has 1 fully saturated rings. The minimum absolute atomic E-state index is 0.0136. The van der Waals surface area contributed by atoms with Crippen LogP contribution in [0.4, 0.5) is 18.0 Å². The minimum atomic E-state index is -4.53. The Labute approximate surface area is 185 Å². The van der Waals surface area contributed by atoms with Gasteiger partial charge >= 0.3 is 6.18 Å². The Morgan fingerprint density at radius 1 is 0.969 bits per heavy atom.